The van der Waals surface area contributed by atoms with Gasteiger partial charge in [0.1, 0.15) is 11.6 Å². The Kier molecular flexibility index (Phi) is 6.68. The molecule has 0 radical (unpaired) electrons. The number of aromatic nitrogens is 1. The molecule has 2 atom stereocenters. The number of anilines is 1. The number of fused-ring (bicyclic) bond motifs is 1. The fourth-order valence-electron chi connectivity index (χ4n) is 5.85. The average molecular weight is 518 g/mol. The van der Waals surface area contributed by atoms with Gasteiger partial charge in [-0.05, 0) is 67.6 Å². The number of ether oxygens (including phenoxy) is 4. The fraction of sp³-hybridized carbons (Fsp3) is 0.400. The molecule has 0 spiro atoms. The molecule has 0 bridgehead atoms. The monoisotopic (exact) mass is 517 g/mol. The van der Waals surface area contributed by atoms with Crippen LogP contribution in [-0.2, 0) is 14.9 Å². The van der Waals surface area contributed by atoms with Crippen LogP contribution < -0.4 is 19.5 Å². The number of likely N-dealkylation sites (tertiary alicyclic amines) is 1. The van der Waals surface area contributed by atoms with Gasteiger partial charge >= 0.3 is 0 Å². The number of nitrogens with zero attached hydrogens (tertiary/aromatic N) is 2. The van der Waals surface area contributed by atoms with Gasteiger partial charge in [0.2, 0.25) is 12.7 Å². The van der Waals surface area contributed by atoms with E-state index in [2.05, 4.69) is 27.3 Å². The molecule has 1 N–H and O–H groups in total. The minimum Gasteiger partial charge on any atom is -0.496 e. The van der Waals surface area contributed by atoms with Crippen molar-refractivity contribution >= 4 is 11.7 Å². The first-order valence-electron chi connectivity index (χ1n) is 13.2. The highest BCUT2D eigenvalue weighted by Gasteiger charge is 2.51. The maximum absolute atomic E-state index is 13.4. The lowest BCUT2D eigenvalue weighted by Crippen LogP contribution is -2.37. The fourth-order valence-corrected chi connectivity index (χ4v) is 5.85. The molecular formula is C30H35N3O5. The number of amides is 1. The van der Waals surface area contributed by atoms with Gasteiger partial charge in [-0.3, -0.25) is 9.69 Å². The van der Waals surface area contributed by atoms with Crippen molar-refractivity contribution in [3.63, 3.8) is 0 Å². The Morgan fingerprint density at radius 3 is 2.76 bits per heavy atom. The molecule has 8 nitrogen and oxygen atoms in total. The van der Waals surface area contributed by atoms with E-state index in [0.717, 1.165) is 60.4 Å². The van der Waals surface area contributed by atoms with E-state index in [1.54, 1.807) is 14.2 Å². The van der Waals surface area contributed by atoms with Crippen molar-refractivity contribution < 1.29 is 25.2 Å². The van der Waals surface area contributed by atoms with Crippen LogP contribution in [0.2, 0.25) is 0 Å². The molecule has 1 unspecified atom stereocenters. The van der Waals surface area contributed by atoms with Gasteiger partial charge in [-0.15, -0.1) is 0 Å². The van der Waals surface area contributed by atoms with Gasteiger partial charge < -0.3 is 24.3 Å². The lowest BCUT2D eigenvalue weighted by Gasteiger charge is -2.34. The Labute approximate surface area is 224 Å². The smallest absolute Gasteiger partial charge is 0.236 e. The van der Waals surface area contributed by atoms with E-state index in [4.69, 9.17) is 18.9 Å². The third-order valence-electron chi connectivity index (χ3n) is 8.00. The third kappa shape index (κ3) is 4.48. The van der Waals surface area contributed by atoms with Crippen LogP contribution in [0.25, 0.3) is 0 Å². The van der Waals surface area contributed by atoms with Crippen LogP contribution in [0.1, 0.15) is 49.8 Å². The summed E-state index contributed by atoms with van der Waals surface area (Å²) >= 11 is 0. The first-order chi connectivity index (χ1) is 18.6. The molecule has 1 amide bonds. The second-order valence-electron chi connectivity index (χ2n) is 10.2. The predicted molar refractivity (Wildman–Crippen MR) is 145 cm³/mol. The van der Waals surface area contributed by atoms with Gasteiger partial charge in [0, 0.05) is 26.3 Å². The van der Waals surface area contributed by atoms with Crippen LogP contribution in [0.4, 0.5) is 5.82 Å². The van der Waals surface area contributed by atoms with Gasteiger partial charge in [-0.1, -0.05) is 30.3 Å². The van der Waals surface area contributed by atoms with Crippen molar-refractivity contribution in [3.8, 4) is 17.2 Å². The Hall–Kier alpha value is -3.62. The number of hydrogen-bond donors (Lipinski definition) is 1. The molecule has 200 valence electrons. The Bertz CT molecular complexity index is 1310. The van der Waals surface area contributed by atoms with Gasteiger partial charge in [0.15, 0.2) is 11.5 Å². The summed E-state index contributed by atoms with van der Waals surface area (Å²) in [6.07, 6.45) is 5.66. The Balaban J connectivity index is 0.00000308. The zero-order chi connectivity index (χ0) is 26.1. The van der Waals surface area contributed by atoms with Crippen LogP contribution in [0.15, 0.2) is 60.8 Å². The number of para-hydroxylation sites is 1. The van der Waals surface area contributed by atoms with Crippen molar-refractivity contribution in [3.05, 3.63) is 77.5 Å². The van der Waals surface area contributed by atoms with E-state index in [-0.39, 0.29) is 20.2 Å². The molecule has 1 saturated carbocycles. The first kappa shape index (κ1) is 24.7. The minimum atomic E-state index is -0.551. The zero-order valence-electron chi connectivity index (χ0n) is 21.8. The number of hydrogen-bond acceptors (Lipinski definition) is 7. The molecule has 1 aromatic heterocycles. The van der Waals surface area contributed by atoms with Crippen LogP contribution >= 0.6 is 0 Å². The lowest BCUT2D eigenvalue weighted by molar-refractivity contribution is -0.118. The van der Waals surface area contributed by atoms with E-state index >= 15 is 0 Å². The van der Waals surface area contributed by atoms with Gasteiger partial charge in [-0.2, -0.15) is 0 Å². The molecule has 38 heavy (non-hydrogen) atoms. The second kappa shape index (κ2) is 10.3. The highest BCUT2D eigenvalue weighted by atomic mass is 16.7. The number of rotatable bonds is 9. The molecule has 2 aromatic carbocycles. The van der Waals surface area contributed by atoms with Crippen LogP contribution in [-0.4, -0.2) is 56.0 Å². The molecular weight excluding hydrogens is 482 g/mol. The summed E-state index contributed by atoms with van der Waals surface area (Å²) in [7, 11) is 3.46. The molecule has 2 aliphatic heterocycles. The molecule has 3 heterocycles. The second-order valence-corrected chi connectivity index (χ2v) is 10.2. The molecule has 6 rings (SSSR count). The van der Waals surface area contributed by atoms with E-state index in [1.807, 2.05) is 48.7 Å². The summed E-state index contributed by atoms with van der Waals surface area (Å²) in [5.74, 6) is 2.76. The maximum Gasteiger partial charge on any atom is 0.236 e. The number of benzene rings is 2. The first-order valence-corrected chi connectivity index (χ1v) is 13.2. The SMILES string of the molecule is COC[C@@H]1CCCN1C(c1ccc(NC(=O)C2(c3ccc4c(c3)OCO4)CC2)nc1)c1ccccc1OC.[HH]. The Morgan fingerprint density at radius 2 is 2.00 bits per heavy atom. The molecule has 1 aliphatic carbocycles. The third-order valence-corrected chi connectivity index (χ3v) is 8.00. The van der Waals surface area contributed by atoms with Crippen LogP contribution in [0.3, 0.4) is 0 Å². The largest absolute Gasteiger partial charge is 0.496 e. The van der Waals surface area contributed by atoms with Crippen molar-refractivity contribution in [2.24, 2.45) is 0 Å². The number of pyridine rings is 1. The molecule has 3 aromatic rings. The van der Waals surface area contributed by atoms with E-state index in [1.165, 1.54) is 0 Å². The lowest BCUT2D eigenvalue weighted by atomic mass is 9.94. The molecule has 2 fully saturated rings. The summed E-state index contributed by atoms with van der Waals surface area (Å²) < 4.78 is 22.2. The predicted octanol–water partition coefficient (Wildman–Crippen LogP) is 4.94. The average Bonchev–Trinajstić information content (AvgIpc) is 3.42. The van der Waals surface area contributed by atoms with E-state index < -0.39 is 5.41 Å². The topological polar surface area (TPSA) is 82.2 Å². The van der Waals surface area contributed by atoms with Crippen LogP contribution in [0, 0.1) is 0 Å². The standard InChI is InChI=1S/C30H33N3O5.H2/c1-35-18-22-6-5-15-33(22)28(23-7-3-4-8-24(23)36-2)20-9-12-27(31-17-20)32-29(34)30(13-14-30)21-10-11-25-26(16-21)38-19-37-25;/h3-4,7-12,16-17,22,28H,5-6,13-15,18-19H2,1-2H3,(H,31,32,34);1H/t22-,28?;/m0./s1. The van der Waals surface area contributed by atoms with Crippen molar-refractivity contribution in [2.75, 3.05) is 39.5 Å². The summed E-state index contributed by atoms with van der Waals surface area (Å²) in [5.41, 5.74) is 2.54. The van der Waals surface area contributed by atoms with Gasteiger partial charge in [-0.25, -0.2) is 4.98 Å². The minimum absolute atomic E-state index is 0. The quantitative estimate of drug-likeness (QED) is 0.431. The zero-order valence-corrected chi connectivity index (χ0v) is 21.8. The summed E-state index contributed by atoms with van der Waals surface area (Å²) in [6.45, 7) is 1.86. The molecule has 8 heteroatoms. The van der Waals surface area contributed by atoms with E-state index in [9.17, 15) is 4.79 Å². The molecule has 1 saturated heterocycles. The highest BCUT2D eigenvalue weighted by molar-refractivity contribution is 6.01. The van der Waals surface area contributed by atoms with Crippen molar-refractivity contribution in [1.82, 2.24) is 9.88 Å². The van der Waals surface area contributed by atoms with Crippen molar-refractivity contribution in [1.29, 1.82) is 0 Å². The van der Waals surface area contributed by atoms with Crippen LogP contribution in [0.5, 0.6) is 17.2 Å². The summed E-state index contributed by atoms with van der Waals surface area (Å²) in [5, 5.41) is 3.06. The van der Waals surface area contributed by atoms with Gasteiger partial charge in [0.05, 0.1) is 25.2 Å². The highest BCUT2D eigenvalue weighted by Crippen LogP contribution is 2.51. The molecule has 3 aliphatic rings. The van der Waals surface area contributed by atoms with Crippen molar-refractivity contribution in [2.45, 2.75) is 43.2 Å². The number of nitrogens with one attached hydrogen (secondary N) is 1. The normalized spacial score (nSPS) is 20.2. The number of carbonyl (C=O) groups excluding carboxylic acids is 1. The number of carbonyl (C=O) groups is 1. The summed E-state index contributed by atoms with van der Waals surface area (Å²) in [6, 6.07) is 18.1. The maximum atomic E-state index is 13.4. The van der Waals surface area contributed by atoms with Gasteiger partial charge in [0.25, 0.3) is 0 Å². The Morgan fingerprint density at radius 1 is 1.16 bits per heavy atom. The van der Waals surface area contributed by atoms with E-state index in [0.29, 0.717) is 24.2 Å². The summed E-state index contributed by atoms with van der Waals surface area (Å²) in [4.78, 5) is 20.5. The number of methoxy groups -OCH3 is 2.